The maximum absolute atomic E-state index is 3.51. The molecule has 0 bridgehead atoms. The van der Waals surface area contributed by atoms with E-state index >= 15 is 0 Å². The minimum atomic E-state index is 0.474. The summed E-state index contributed by atoms with van der Waals surface area (Å²) < 4.78 is 0. The highest BCUT2D eigenvalue weighted by Gasteiger charge is 2.33. The van der Waals surface area contributed by atoms with E-state index in [9.17, 15) is 0 Å². The lowest BCUT2D eigenvalue weighted by molar-refractivity contribution is 0.158. The summed E-state index contributed by atoms with van der Waals surface area (Å²) in [5.74, 6) is 0. The smallest absolute Gasteiger partial charge is 0.0234 e. The molecule has 0 radical (unpaired) electrons. The normalized spacial score (nSPS) is 30.3. The van der Waals surface area contributed by atoms with Crippen molar-refractivity contribution in [1.29, 1.82) is 0 Å². The average Bonchev–Trinajstić information content (AvgIpc) is 3.09. The summed E-state index contributed by atoms with van der Waals surface area (Å²) in [5, 5.41) is 3.51. The first kappa shape index (κ1) is 15.0. The van der Waals surface area contributed by atoms with E-state index < -0.39 is 0 Å². The molecule has 2 aliphatic heterocycles. The molecule has 1 N–H and O–H groups in total. The van der Waals surface area contributed by atoms with E-state index in [1.165, 1.54) is 51.1 Å². The summed E-state index contributed by atoms with van der Waals surface area (Å²) in [6.45, 7) is 9.58. The van der Waals surface area contributed by atoms with Crippen LogP contribution in [0.15, 0.2) is 30.3 Å². The zero-order valence-electron chi connectivity index (χ0n) is 13.5. The van der Waals surface area contributed by atoms with Gasteiger partial charge in [0.1, 0.15) is 0 Å². The Balaban J connectivity index is 1.49. The molecule has 0 saturated carbocycles. The van der Waals surface area contributed by atoms with Crippen LogP contribution in [0, 0.1) is 5.41 Å². The molecular weight excluding hydrogens is 258 g/mol. The van der Waals surface area contributed by atoms with Gasteiger partial charge in [0.15, 0.2) is 0 Å². The van der Waals surface area contributed by atoms with Crippen LogP contribution in [0.2, 0.25) is 0 Å². The quantitative estimate of drug-likeness (QED) is 0.895. The third-order valence-corrected chi connectivity index (χ3v) is 5.21. The van der Waals surface area contributed by atoms with Gasteiger partial charge in [-0.15, -0.1) is 0 Å². The second kappa shape index (κ2) is 6.47. The highest BCUT2D eigenvalue weighted by molar-refractivity contribution is 5.14. The van der Waals surface area contributed by atoms with Gasteiger partial charge in [-0.3, -0.25) is 4.90 Å². The molecule has 2 heterocycles. The molecule has 1 aromatic rings. The van der Waals surface area contributed by atoms with Crippen LogP contribution in [0.1, 0.15) is 25.3 Å². The van der Waals surface area contributed by atoms with E-state index in [0.717, 1.165) is 12.6 Å². The fraction of sp³-hybridized carbons (Fsp3) is 0.667. The van der Waals surface area contributed by atoms with Crippen LogP contribution >= 0.6 is 0 Å². The van der Waals surface area contributed by atoms with Crippen LogP contribution in [0.4, 0.5) is 0 Å². The van der Waals surface area contributed by atoms with Crippen LogP contribution in [-0.2, 0) is 6.54 Å². The Morgan fingerprint density at radius 2 is 2.14 bits per heavy atom. The van der Waals surface area contributed by atoms with Crippen LogP contribution in [-0.4, -0.2) is 55.6 Å². The Morgan fingerprint density at radius 3 is 2.86 bits per heavy atom. The topological polar surface area (TPSA) is 18.5 Å². The molecule has 116 valence electrons. The van der Waals surface area contributed by atoms with Gasteiger partial charge in [0.05, 0.1) is 0 Å². The lowest BCUT2D eigenvalue weighted by Crippen LogP contribution is -2.42. The van der Waals surface area contributed by atoms with Gasteiger partial charge in [0.25, 0.3) is 0 Å². The van der Waals surface area contributed by atoms with Crippen molar-refractivity contribution >= 4 is 0 Å². The fourth-order valence-corrected chi connectivity index (χ4v) is 3.89. The van der Waals surface area contributed by atoms with E-state index in [1.807, 2.05) is 0 Å². The van der Waals surface area contributed by atoms with Gasteiger partial charge >= 0.3 is 0 Å². The largest absolute Gasteiger partial charge is 0.316 e. The molecular formula is C18H29N3. The SMILES string of the molecule is CN(CC1(C)CCNC1)C1CCN(Cc2ccccc2)C1. The van der Waals surface area contributed by atoms with Crippen LogP contribution in [0.3, 0.4) is 0 Å². The lowest BCUT2D eigenvalue weighted by Gasteiger charge is -2.33. The van der Waals surface area contributed by atoms with Crippen molar-refractivity contribution in [3.05, 3.63) is 35.9 Å². The van der Waals surface area contributed by atoms with Gasteiger partial charge in [-0.2, -0.15) is 0 Å². The predicted molar refractivity (Wildman–Crippen MR) is 88.3 cm³/mol. The standard InChI is InChI=1S/C18H29N3/c1-18(9-10-19-14-18)15-20(2)17-8-11-21(13-17)12-16-6-4-3-5-7-16/h3-7,17,19H,8-15H2,1-2H3. The summed E-state index contributed by atoms with van der Waals surface area (Å²) in [5.41, 5.74) is 1.91. The highest BCUT2D eigenvalue weighted by Crippen LogP contribution is 2.27. The zero-order chi connectivity index (χ0) is 14.7. The molecule has 0 aliphatic carbocycles. The number of likely N-dealkylation sites (N-methyl/N-ethyl adjacent to an activating group) is 1. The van der Waals surface area contributed by atoms with Crippen molar-refractivity contribution in [3.63, 3.8) is 0 Å². The second-order valence-electron chi connectivity index (χ2n) is 7.32. The first-order valence-corrected chi connectivity index (χ1v) is 8.32. The Morgan fingerprint density at radius 1 is 1.33 bits per heavy atom. The number of rotatable bonds is 5. The molecule has 0 spiro atoms. The third-order valence-electron chi connectivity index (χ3n) is 5.21. The minimum Gasteiger partial charge on any atom is -0.316 e. The second-order valence-corrected chi connectivity index (χ2v) is 7.32. The molecule has 2 fully saturated rings. The molecule has 1 aromatic carbocycles. The Kier molecular flexibility index (Phi) is 4.63. The van der Waals surface area contributed by atoms with Gasteiger partial charge in [-0.25, -0.2) is 0 Å². The first-order valence-electron chi connectivity index (χ1n) is 8.32. The maximum atomic E-state index is 3.51. The Labute approximate surface area is 129 Å². The van der Waals surface area contributed by atoms with E-state index in [-0.39, 0.29) is 0 Å². The minimum absolute atomic E-state index is 0.474. The summed E-state index contributed by atoms with van der Waals surface area (Å²) in [6.07, 6.45) is 2.63. The van der Waals surface area contributed by atoms with Crippen LogP contribution < -0.4 is 5.32 Å². The molecule has 2 unspecified atom stereocenters. The van der Waals surface area contributed by atoms with Gasteiger partial charge < -0.3 is 10.2 Å². The van der Waals surface area contributed by atoms with E-state index in [0.29, 0.717) is 5.41 Å². The fourth-order valence-electron chi connectivity index (χ4n) is 3.89. The molecule has 3 rings (SSSR count). The Bertz CT molecular complexity index is 439. The van der Waals surface area contributed by atoms with Crippen LogP contribution in [0.5, 0.6) is 0 Å². The van der Waals surface area contributed by atoms with Gasteiger partial charge in [0, 0.05) is 38.8 Å². The molecule has 3 nitrogen and oxygen atoms in total. The van der Waals surface area contributed by atoms with Crippen molar-refractivity contribution in [2.75, 3.05) is 39.8 Å². The maximum Gasteiger partial charge on any atom is 0.0234 e. The number of likely N-dealkylation sites (tertiary alicyclic amines) is 1. The van der Waals surface area contributed by atoms with E-state index in [4.69, 9.17) is 0 Å². The predicted octanol–water partition coefficient (Wildman–Crippen LogP) is 2.19. The van der Waals surface area contributed by atoms with Crippen molar-refractivity contribution in [3.8, 4) is 0 Å². The first-order chi connectivity index (χ1) is 10.1. The zero-order valence-corrected chi connectivity index (χ0v) is 13.5. The van der Waals surface area contributed by atoms with Crippen molar-refractivity contribution in [1.82, 2.24) is 15.1 Å². The van der Waals surface area contributed by atoms with E-state index in [2.05, 4.69) is 59.4 Å². The third kappa shape index (κ3) is 3.85. The van der Waals surface area contributed by atoms with Gasteiger partial charge in [0.2, 0.25) is 0 Å². The number of nitrogens with one attached hydrogen (secondary N) is 1. The number of hydrogen-bond donors (Lipinski definition) is 1. The number of nitrogens with zero attached hydrogens (tertiary/aromatic N) is 2. The molecule has 0 aromatic heterocycles. The molecule has 2 atom stereocenters. The Hall–Kier alpha value is -0.900. The van der Waals surface area contributed by atoms with Gasteiger partial charge in [-0.05, 0) is 37.4 Å². The molecule has 2 aliphatic rings. The summed E-state index contributed by atoms with van der Waals surface area (Å²) in [6, 6.07) is 11.6. The lowest BCUT2D eigenvalue weighted by atomic mass is 9.89. The molecule has 2 saturated heterocycles. The number of benzene rings is 1. The summed E-state index contributed by atoms with van der Waals surface area (Å²) in [7, 11) is 2.32. The highest BCUT2D eigenvalue weighted by atomic mass is 15.2. The van der Waals surface area contributed by atoms with Crippen molar-refractivity contribution < 1.29 is 0 Å². The molecule has 21 heavy (non-hydrogen) atoms. The van der Waals surface area contributed by atoms with Gasteiger partial charge in [-0.1, -0.05) is 37.3 Å². The summed E-state index contributed by atoms with van der Waals surface area (Å²) in [4.78, 5) is 5.21. The number of hydrogen-bond acceptors (Lipinski definition) is 3. The average molecular weight is 287 g/mol. The summed E-state index contributed by atoms with van der Waals surface area (Å²) >= 11 is 0. The van der Waals surface area contributed by atoms with E-state index in [1.54, 1.807) is 0 Å². The van der Waals surface area contributed by atoms with Crippen molar-refractivity contribution in [2.24, 2.45) is 5.41 Å². The van der Waals surface area contributed by atoms with Crippen LogP contribution in [0.25, 0.3) is 0 Å². The monoisotopic (exact) mass is 287 g/mol. The van der Waals surface area contributed by atoms with Crippen molar-refractivity contribution in [2.45, 2.75) is 32.4 Å². The molecule has 3 heteroatoms. The molecule has 0 amide bonds.